The minimum atomic E-state index is -0.657. The number of hydrogen-bond acceptors (Lipinski definition) is 4. The number of alkyl halides is 1. The summed E-state index contributed by atoms with van der Waals surface area (Å²) in [6.07, 6.45) is 2.16. The van der Waals surface area contributed by atoms with Crippen molar-refractivity contribution in [3.8, 4) is 6.07 Å². The minimum Gasteiger partial charge on any atom is -0.325 e. The van der Waals surface area contributed by atoms with Gasteiger partial charge in [0.1, 0.15) is 18.8 Å². The number of aromatic nitrogens is 1. The number of ketones is 1. The van der Waals surface area contributed by atoms with Crippen LogP contribution in [0, 0.1) is 11.3 Å². The predicted octanol–water partition coefficient (Wildman–Crippen LogP) is 3.31. The van der Waals surface area contributed by atoms with Crippen LogP contribution in [0.15, 0.2) is 53.9 Å². The summed E-state index contributed by atoms with van der Waals surface area (Å²) >= 11 is 0. The van der Waals surface area contributed by atoms with Gasteiger partial charge in [0.25, 0.3) is 0 Å². The number of hydrogen-bond donors (Lipinski definition) is 1. The molecular weight excluding hydrogens is 347 g/mol. The van der Waals surface area contributed by atoms with Gasteiger partial charge in [-0.25, -0.2) is 9.18 Å². The number of nitriles is 1. The predicted molar refractivity (Wildman–Crippen MR) is 95.2 cm³/mol. The maximum Gasteiger partial charge on any atom is 0.327 e. The fourth-order valence-corrected chi connectivity index (χ4v) is 3.52. The number of nitrogens with one attached hydrogen (secondary N) is 1. The first-order chi connectivity index (χ1) is 13.1. The molecule has 0 bridgehead atoms. The van der Waals surface area contributed by atoms with Crippen LogP contribution in [0.1, 0.15) is 35.7 Å². The molecule has 0 unspecified atom stereocenters. The van der Waals surface area contributed by atoms with Crippen LogP contribution in [0.4, 0.5) is 14.9 Å². The molecule has 27 heavy (non-hydrogen) atoms. The highest BCUT2D eigenvalue weighted by atomic mass is 19.1. The van der Waals surface area contributed by atoms with Crippen LogP contribution in [0.25, 0.3) is 0 Å². The van der Waals surface area contributed by atoms with E-state index in [9.17, 15) is 14.0 Å². The van der Waals surface area contributed by atoms with Gasteiger partial charge in [0.05, 0.1) is 16.9 Å². The van der Waals surface area contributed by atoms with Gasteiger partial charge in [-0.3, -0.25) is 14.7 Å². The second-order valence-corrected chi connectivity index (χ2v) is 6.39. The van der Waals surface area contributed by atoms with E-state index in [0.29, 0.717) is 46.6 Å². The second-order valence-electron chi connectivity index (χ2n) is 6.39. The van der Waals surface area contributed by atoms with E-state index in [-0.39, 0.29) is 5.78 Å². The summed E-state index contributed by atoms with van der Waals surface area (Å²) in [6.45, 7) is -0.633. The highest BCUT2D eigenvalue weighted by molar-refractivity contribution is 6.08. The summed E-state index contributed by atoms with van der Waals surface area (Å²) in [5.41, 5.74) is 3.01. The molecule has 2 amide bonds. The lowest BCUT2D eigenvalue weighted by atomic mass is 9.98. The average Bonchev–Trinajstić information content (AvgIpc) is 3.09. The number of Topliss-reactive ketones (excluding diaryl/α,β-unsaturated/α-hetero) is 1. The molecule has 1 aliphatic carbocycles. The quantitative estimate of drug-likeness (QED) is 0.908. The summed E-state index contributed by atoms with van der Waals surface area (Å²) in [5, 5.41) is 11.7. The number of carbonyl (C=O) groups is 2. The number of nitrogens with zero attached hydrogens (tertiary/aromatic N) is 3. The summed E-state index contributed by atoms with van der Waals surface area (Å²) in [4.78, 5) is 31.1. The van der Waals surface area contributed by atoms with Crippen LogP contribution in [0.3, 0.4) is 0 Å². The molecule has 0 radical (unpaired) electrons. The molecule has 1 N–H and O–H groups in total. The van der Waals surface area contributed by atoms with Crippen molar-refractivity contribution >= 4 is 17.5 Å². The van der Waals surface area contributed by atoms with Crippen LogP contribution in [0.5, 0.6) is 0 Å². The number of carbonyl (C=O) groups excluding carboxylic acids is 2. The molecule has 0 spiro atoms. The first kappa shape index (κ1) is 16.9. The Bertz CT molecular complexity index is 1010. The number of rotatable bonds is 3. The Kier molecular flexibility index (Phi) is 4.16. The van der Waals surface area contributed by atoms with Crippen molar-refractivity contribution in [2.45, 2.75) is 25.6 Å². The third-order valence-electron chi connectivity index (χ3n) is 4.76. The maximum absolute atomic E-state index is 13.0. The van der Waals surface area contributed by atoms with Crippen molar-refractivity contribution < 1.29 is 14.0 Å². The van der Waals surface area contributed by atoms with Gasteiger partial charge in [-0.2, -0.15) is 5.26 Å². The second kappa shape index (κ2) is 6.65. The number of benzene rings is 1. The highest BCUT2D eigenvalue weighted by Gasteiger charge is 2.41. The van der Waals surface area contributed by atoms with Gasteiger partial charge in [0.15, 0.2) is 5.78 Å². The lowest BCUT2D eigenvalue weighted by Gasteiger charge is -2.34. The molecule has 0 fully saturated rings. The molecule has 0 saturated carbocycles. The van der Waals surface area contributed by atoms with E-state index in [1.54, 1.807) is 36.4 Å². The molecule has 2 heterocycles. The van der Waals surface area contributed by atoms with Gasteiger partial charge < -0.3 is 5.32 Å². The number of amides is 2. The summed E-state index contributed by atoms with van der Waals surface area (Å²) < 4.78 is 13.0. The smallest absolute Gasteiger partial charge is 0.325 e. The molecule has 6 nitrogen and oxygen atoms in total. The average molecular weight is 362 g/mol. The third kappa shape index (κ3) is 2.85. The minimum absolute atomic E-state index is 0.0483. The van der Waals surface area contributed by atoms with E-state index in [0.717, 1.165) is 0 Å². The number of halogens is 1. The highest BCUT2D eigenvalue weighted by Crippen LogP contribution is 2.40. The molecule has 1 atom stereocenters. The summed E-state index contributed by atoms with van der Waals surface area (Å²) in [5.74, 6) is -0.0483. The van der Waals surface area contributed by atoms with Crippen LogP contribution in [-0.2, 0) is 11.5 Å². The van der Waals surface area contributed by atoms with Gasteiger partial charge in [-0.15, -0.1) is 0 Å². The van der Waals surface area contributed by atoms with Crippen LogP contribution < -0.4 is 10.2 Å². The lowest BCUT2D eigenvalue weighted by molar-refractivity contribution is -0.115. The fraction of sp³-hybridized carbons (Fsp3) is 0.200. The molecule has 1 aromatic heterocycles. The number of anilines is 1. The van der Waals surface area contributed by atoms with E-state index < -0.39 is 18.7 Å². The molecule has 2 aliphatic rings. The van der Waals surface area contributed by atoms with Crippen molar-refractivity contribution in [3.05, 3.63) is 70.7 Å². The van der Waals surface area contributed by atoms with Gasteiger partial charge in [-0.1, -0.05) is 12.1 Å². The summed E-state index contributed by atoms with van der Waals surface area (Å²) in [7, 11) is 0. The molecule has 134 valence electrons. The van der Waals surface area contributed by atoms with Crippen molar-refractivity contribution in [3.63, 3.8) is 0 Å². The molecule has 4 rings (SSSR count). The van der Waals surface area contributed by atoms with Crippen molar-refractivity contribution in [1.82, 2.24) is 10.3 Å². The van der Waals surface area contributed by atoms with E-state index in [1.165, 1.54) is 11.1 Å². The largest absolute Gasteiger partial charge is 0.327 e. The van der Waals surface area contributed by atoms with E-state index in [4.69, 9.17) is 5.26 Å². The Labute approximate surface area is 154 Å². The van der Waals surface area contributed by atoms with Gasteiger partial charge in [-0.05, 0) is 36.2 Å². The zero-order chi connectivity index (χ0) is 19.0. The van der Waals surface area contributed by atoms with E-state index >= 15 is 0 Å². The first-order valence-corrected chi connectivity index (χ1v) is 8.50. The molecule has 1 aromatic carbocycles. The van der Waals surface area contributed by atoms with E-state index in [2.05, 4.69) is 10.3 Å². The molecule has 0 saturated heterocycles. The zero-order valence-corrected chi connectivity index (χ0v) is 14.3. The lowest BCUT2D eigenvalue weighted by Crippen LogP contribution is -2.47. The number of pyridine rings is 1. The Balaban J connectivity index is 1.80. The molecule has 2 aromatic rings. The summed E-state index contributed by atoms with van der Waals surface area (Å²) in [6, 6.07) is 10.8. The number of urea groups is 1. The standard InChI is InChI=1S/C20H15FN4O2/c21-9-12-2-1-3-14(8-12)25-16-6-7-17(26)18(16)19(24-20(25)27)15-5-4-13(10-22)11-23-15/h1-5,8,11,19H,6-7,9H2,(H,24,27)/t19-/m0/s1. The fourth-order valence-electron chi connectivity index (χ4n) is 3.52. The van der Waals surface area contributed by atoms with Crippen LogP contribution >= 0.6 is 0 Å². The van der Waals surface area contributed by atoms with Gasteiger partial charge in [0, 0.05) is 23.9 Å². The Hall–Kier alpha value is -3.53. The van der Waals surface area contributed by atoms with Crippen LogP contribution in [-0.4, -0.2) is 16.8 Å². The molecular formula is C20H15FN4O2. The Morgan fingerprint density at radius 1 is 1.26 bits per heavy atom. The van der Waals surface area contributed by atoms with Crippen molar-refractivity contribution in [2.75, 3.05) is 4.90 Å². The van der Waals surface area contributed by atoms with Crippen molar-refractivity contribution in [2.24, 2.45) is 0 Å². The Morgan fingerprint density at radius 3 is 2.81 bits per heavy atom. The van der Waals surface area contributed by atoms with Gasteiger partial charge >= 0.3 is 6.03 Å². The van der Waals surface area contributed by atoms with Crippen LogP contribution in [0.2, 0.25) is 0 Å². The van der Waals surface area contributed by atoms with Crippen molar-refractivity contribution in [1.29, 1.82) is 5.26 Å². The SMILES string of the molecule is N#Cc1ccc([C@@H]2NC(=O)N(c3cccc(CF)c3)C3=C2C(=O)CC3)nc1. The molecule has 7 heteroatoms. The Morgan fingerprint density at radius 2 is 2.11 bits per heavy atom. The van der Waals surface area contributed by atoms with E-state index in [1.807, 2.05) is 6.07 Å². The maximum atomic E-state index is 13.0. The first-order valence-electron chi connectivity index (χ1n) is 8.50. The zero-order valence-electron chi connectivity index (χ0n) is 14.3. The topological polar surface area (TPSA) is 86.1 Å². The normalized spacial score (nSPS) is 19.0. The third-order valence-corrected chi connectivity index (χ3v) is 4.76. The van der Waals surface area contributed by atoms with Gasteiger partial charge in [0.2, 0.25) is 0 Å². The monoisotopic (exact) mass is 362 g/mol. The molecule has 1 aliphatic heterocycles. The number of allylic oxidation sites excluding steroid dienone is 1.